The van der Waals surface area contributed by atoms with Crippen LogP contribution in [0.5, 0.6) is 0 Å². The lowest BCUT2D eigenvalue weighted by molar-refractivity contribution is -0.385. The van der Waals surface area contributed by atoms with E-state index in [2.05, 4.69) is 10.3 Å². The molecule has 2 aliphatic rings. The summed E-state index contributed by atoms with van der Waals surface area (Å²) in [6, 6.07) is 1.51. The number of aliphatic hydroxyl groups excluding tert-OH is 1. The van der Waals surface area contributed by atoms with Crippen molar-refractivity contribution >= 4 is 11.5 Å². The van der Waals surface area contributed by atoms with Crippen LogP contribution in [0, 0.1) is 28.4 Å². The second-order valence-electron chi connectivity index (χ2n) is 6.72. The Morgan fingerprint density at radius 2 is 2.22 bits per heavy atom. The first kappa shape index (κ1) is 16.1. The second-order valence-corrected chi connectivity index (χ2v) is 6.72. The van der Waals surface area contributed by atoms with Crippen molar-refractivity contribution in [2.45, 2.75) is 38.7 Å². The van der Waals surface area contributed by atoms with E-state index < -0.39 is 4.92 Å². The van der Waals surface area contributed by atoms with Gasteiger partial charge < -0.3 is 15.2 Å². The van der Waals surface area contributed by atoms with Gasteiger partial charge in [0.15, 0.2) is 0 Å². The van der Waals surface area contributed by atoms with Gasteiger partial charge in [-0.3, -0.25) is 10.1 Å². The van der Waals surface area contributed by atoms with E-state index in [1.807, 2.05) is 0 Å². The summed E-state index contributed by atoms with van der Waals surface area (Å²) in [7, 11) is 0. The molecule has 1 aromatic rings. The average molecular weight is 321 g/mol. The molecule has 2 N–H and O–H groups in total. The predicted octanol–water partition coefficient (Wildman–Crippen LogP) is 2.28. The summed E-state index contributed by atoms with van der Waals surface area (Å²) < 4.78 is 5.42. The highest BCUT2D eigenvalue weighted by molar-refractivity contribution is 5.48. The lowest BCUT2D eigenvalue weighted by atomic mass is 9.76. The maximum atomic E-state index is 10.7. The molecule has 7 heteroatoms. The highest BCUT2D eigenvalue weighted by Crippen LogP contribution is 2.48. The fourth-order valence-corrected chi connectivity index (χ4v) is 3.89. The Labute approximate surface area is 135 Å². The summed E-state index contributed by atoms with van der Waals surface area (Å²) in [5.41, 5.74) is 0.755. The number of anilines is 1. The minimum atomic E-state index is -0.445. The number of aryl methyl sites for hydroxylation is 1. The number of hydrogen-bond donors (Lipinski definition) is 2. The van der Waals surface area contributed by atoms with Gasteiger partial charge in [-0.2, -0.15) is 0 Å². The van der Waals surface area contributed by atoms with Crippen LogP contribution in [0.15, 0.2) is 12.3 Å². The second kappa shape index (κ2) is 6.41. The number of aliphatic hydroxyl groups is 1. The van der Waals surface area contributed by atoms with E-state index in [9.17, 15) is 15.2 Å². The summed E-state index contributed by atoms with van der Waals surface area (Å²) in [5.74, 6) is 0.834. The van der Waals surface area contributed by atoms with Crippen molar-refractivity contribution < 1.29 is 14.8 Å². The van der Waals surface area contributed by atoms with E-state index in [0.29, 0.717) is 12.4 Å². The van der Waals surface area contributed by atoms with Crippen molar-refractivity contribution in [2.24, 2.45) is 11.3 Å². The SMILES string of the molecule is Cc1cc([N+](=O)[O-])cnc1NC[C@H]1CCC2(CCOCC2)[C@H]1O. The molecule has 0 aromatic carbocycles. The molecule has 1 aromatic heterocycles. The monoisotopic (exact) mass is 321 g/mol. The first-order valence-electron chi connectivity index (χ1n) is 8.12. The normalized spacial score (nSPS) is 26.3. The Kier molecular flexibility index (Phi) is 4.50. The summed E-state index contributed by atoms with van der Waals surface area (Å²) in [5, 5.41) is 24.7. The smallest absolute Gasteiger partial charge is 0.287 e. The maximum absolute atomic E-state index is 10.7. The first-order valence-corrected chi connectivity index (χ1v) is 8.12. The van der Waals surface area contributed by atoms with E-state index in [4.69, 9.17) is 4.74 Å². The largest absolute Gasteiger partial charge is 0.392 e. The number of nitrogens with zero attached hydrogens (tertiary/aromatic N) is 2. The van der Waals surface area contributed by atoms with Crippen molar-refractivity contribution in [3.8, 4) is 0 Å². The molecular formula is C16H23N3O4. The van der Waals surface area contributed by atoms with Gasteiger partial charge in [0, 0.05) is 37.2 Å². The zero-order valence-electron chi connectivity index (χ0n) is 13.3. The van der Waals surface area contributed by atoms with Crippen LogP contribution in [-0.2, 0) is 4.74 Å². The Bertz CT molecular complexity index is 587. The van der Waals surface area contributed by atoms with E-state index in [1.165, 1.54) is 12.3 Å². The molecule has 2 fully saturated rings. The molecule has 3 rings (SSSR count). The van der Waals surface area contributed by atoms with Gasteiger partial charge in [-0.25, -0.2) is 4.98 Å². The van der Waals surface area contributed by atoms with Crippen LogP contribution in [0.3, 0.4) is 0 Å². The molecule has 1 spiro atoms. The van der Waals surface area contributed by atoms with Crippen molar-refractivity contribution in [1.29, 1.82) is 0 Å². The molecule has 0 amide bonds. The number of ether oxygens (including phenoxy) is 1. The molecule has 7 nitrogen and oxygen atoms in total. The van der Waals surface area contributed by atoms with Crippen LogP contribution in [0.4, 0.5) is 11.5 Å². The molecule has 1 saturated carbocycles. The van der Waals surface area contributed by atoms with Crippen molar-refractivity contribution in [3.05, 3.63) is 27.9 Å². The highest BCUT2D eigenvalue weighted by Gasteiger charge is 2.47. The van der Waals surface area contributed by atoms with Crippen molar-refractivity contribution in [3.63, 3.8) is 0 Å². The number of rotatable bonds is 4. The van der Waals surface area contributed by atoms with Crippen molar-refractivity contribution in [1.82, 2.24) is 4.98 Å². The Hall–Kier alpha value is -1.73. The fourth-order valence-electron chi connectivity index (χ4n) is 3.89. The van der Waals surface area contributed by atoms with Crippen LogP contribution in [0.25, 0.3) is 0 Å². The molecule has 0 unspecified atom stereocenters. The van der Waals surface area contributed by atoms with Crippen LogP contribution in [-0.4, -0.2) is 40.9 Å². The van der Waals surface area contributed by atoms with Gasteiger partial charge in [0.2, 0.25) is 0 Å². The molecule has 2 heterocycles. The van der Waals surface area contributed by atoms with Gasteiger partial charge in [-0.05, 0) is 38.2 Å². The summed E-state index contributed by atoms with van der Waals surface area (Å²) in [4.78, 5) is 14.4. The van der Waals surface area contributed by atoms with Crippen LogP contribution in [0.2, 0.25) is 0 Å². The molecular weight excluding hydrogens is 298 g/mol. The molecule has 126 valence electrons. The van der Waals surface area contributed by atoms with Crippen LogP contribution < -0.4 is 5.32 Å². The highest BCUT2D eigenvalue weighted by atomic mass is 16.6. The lowest BCUT2D eigenvalue weighted by Crippen LogP contribution is -2.40. The number of nitrogens with one attached hydrogen (secondary N) is 1. The van der Waals surface area contributed by atoms with Gasteiger partial charge in [-0.15, -0.1) is 0 Å². The molecule has 1 aliphatic heterocycles. The fraction of sp³-hybridized carbons (Fsp3) is 0.688. The van der Waals surface area contributed by atoms with Gasteiger partial charge in [0.05, 0.1) is 11.0 Å². The van der Waals surface area contributed by atoms with Gasteiger partial charge in [0.25, 0.3) is 5.69 Å². The Balaban J connectivity index is 1.62. The zero-order chi connectivity index (χ0) is 16.4. The molecule has 1 aliphatic carbocycles. The molecule has 0 bridgehead atoms. The van der Waals surface area contributed by atoms with E-state index in [-0.39, 0.29) is 23.1 Å². The van der Waals surface area contributed by atoms with E-state index in [1.54, 1.807) is 6.92 Å². The minimum absolute atomic E-state index is 0.00453. The predicted molar refractivity (Wildman–Crippen MR) is 85.3 cm³/mol. The Morgan fingerprint density at radius 3 is 2.87 bits per heavy atom. The third kappa shape index (κ3) is 3.16. The molecule has 1 saturated heterocycles. The minimum Gasteiger partial charge on any atom is -0.392 e. The first-order chi connectivity index (χ1) is 11.0. The topological polar surface area (TPSA) is 97.5 Å². The summed E-state index contributed by atoms with van der Waals surface area (Å²) >= 11 is 0. The molecule has 2 atom stereocenters. The third-order valence-electron chi connectivity index (χ3n) is 5.38. The van der Waals surface area contributed by atoms with Crippen molar-refractivity contribution in [2.75, 3.05) is 25.1 Å². The lowest BCUT2D eigenvalue weighted by Gasteiger charge is -2.37. The number of aromatic nitrogens is 1. The van der Waals surface area contributed by atoms with E-state index >= 15 is 0 Å². The van der Waals surface area contributed by atoms with E-state index in [0.717, 1.165) is 44.5 Å². The number of pyridine rings is 1. The maximum Gasteiger partial charge on any atom is 0.287 e. The Morgan fingerprint density at radius 1 is 1.48 bits per heavy atom. The quantitative estimate of drug-likeness (QED) is 0.652. The van der Waals surface area contributed by atoms with Gasteiger partial charge >= 0.3 is 0 Å². The van der Waals surface area contributed by atoms with Crippen LogP contribution >= 0.6 is 0 Å². The summed E-state index contributed by atoms with van der Waals surface area (Å²) in [6.07, 6.45) is 4.83. The average Bonchev–Trinajstić information content (AvgIpc) is 2.83. The third-order valence-corrected chi connectivity index (χ3v) is 5.38. The number of nitro groups is 1. The zero-order valence-corrected chi connectivity index (χ0v) is 13.3. The van der Waals surface area contributed by atoms with Gasteiger partial charge in [0.1, 0.15) is 12.0 Å². The number of hydrogen-bond acceptors (Lipinski definition) is 6. The summed E-state index contributed by atoms with van der Waals surface area (Å²) in [6.45, 7) is 3.91. The van der Waals surface area contributed by atoms with Gasteiger partial charge in [-0.1, -0.05) is 0 Å². The molecule has 23 heavy (non-hydrogen) atoms. The molecule has 0 radical (unpaired) electrons. The van der Waals surface area contributed by atoms with Crippen LogP contribution in [0.1, 0.15) is 31.2 Å². The standard InChI is InChI=1S/C16H23N3O4/c1-11-8-13(19(21)22)10-18-15(11)17-9-12-2-3-16(14(12)20)4-6-23-7-5-16/h8,10,12,14,20H,2-7,9H2,1H3,(H,17,18)/t12-,14+/m1/s1.